The van der Waals surface area contributed by atoms with Gasteiger partial charge in [-0.3, -0.25) is 0 Å². The number of nitrogens with zero attached hydrogens (tertiary/aromatic N) is 1. The smallest absolute Gasteiger partial charge is 0.128 e. The minimum absolute atomic E-state index is 0.267. The van der Waals surface area contributed by atoms with Crippen molar-refractivity contribution in [2.45, 2.75) is 25.8 Å². The van der Waals surface area contributed by atoms with Crippen LogP contribution in [0.5, 0.6) is 0 Å². The Balaban J connectivity index is 2.40. The number of hydrogen-bond acceptors (Lipinski definition) is 3. The maximum Gasteiger partial charge on any atom is 0.128 e. The van der Waals surface area contributed by atoms with E-state index in [1.165, 1.54) is 17.4 Å². The summed E-state index contributed by atoms with van der Waals surface area (Å²) in [5, 5.41) is 6.50. The van der Waals surface area contributed by atoms with Gasteiger partial charge in [-0.05, 0) is 31.2 Å². The number of halogens is 2. The van der Waals surface area contributed by atoms with E-state index in [1.807, 2.05) is 5.38 Å². The van der Waals surface area contributed by atoms with Crippen molar-refractivity contribution in [1.29, 1.82) is 0 Å². The molecule has 0 saturated carbocycles. The van der Waals surface area contributed by atoms with Gasteiger partial charge in [0.05, 0.1) is 11.7 Å². The van der Waals surface area contributed by atoms with Crippen LogP contribution in [0.25, 0.3) is 0 Å². The van der Waals surface area contributed by atoms with Crippen molar-refractivity contribution < 1.29 is 4.39 Å². The molecule has 2 aromatic rings. The zero-order chi connectivity index (χ0) is 14.0. The van der Waals surface area contributed by atoms with Crippen LogP contribution in [-0.2, 0) is 0 Å². The van der Waals surface area contributed by atoms with Gasteiger partial charge in [-0.15, -0.1) is 11.3 Å². The molecule has 0 spiro atoms. The van der Waals surface area contributed by atoms with E-state index < -0.39 is 0 Å². The number of aromatic nitrogens is 1. The van der Waals surface area contributed by atoms with Crippen molar-refractivity contribution in [1.82, 2.24) is 10.3 Å². The molecule has 0 fully saturated rings. The monoisotopic (exact) mass is 298 g/mol. The van der Waals surface area contributed by atoms with Crippen LogP contribution in [0.2, 0.25) is 5.02 Å². The predicted octanol–water partition coefficient (Wildman–Crippen LogP) is 4.37. The fourth-order valence-corrected chi connectivity index (χ4v) is 3.13. The molecule has 1 aromatic heterocycles. The number of hydrogen-bond donors (Lipinski definition) is 1. The molecule has 0 amide bonds. The van der Waals surface area contributed by atoms with Gasteiger partial charge in [0.25, 0.3) is 0 Å². The van der Waals surface area contributed by atoms with E-state index in [0.29, 0.717) is 16.5 Å². The Kier molecular flexibility index (Phi) is 4.55. The summed E-state index contributed by atoms with van der Waals surface area (Å²) in [6, 6.07) is 4.32. The van der Waals surface area contributed by atoms with Gasteiger partial charge in [-0.2, -0.15) is 0 Å². The third-order valence-electron chi connectivity index (χ3n) is 2.94. The van der Waals surface area contributed by atoms with Gasteiger partial charge < -0.3 is 5.32 Å². The molecule has 1 atom stereocenters. The highest BCUT2D eigenvalue weighted by Gasteiger charge is 2.20. The summed E-state index contributed by atoms with van der Waals surface area (Å²) in [7, 11) is 1.79. The van der Waals surface area contributed by atoms with Crippen LogP contribution in [0.4, 0.5) is 4.39 Å². The molecule has 0 aliphatic carbocycles. The third kappa shape index (κ3) is 3.14. The van der Waals surface area contributed by atoms with Crippen molar-refractivity contribution in [3.05, 3.63) is 50.7 Å². The molecular formula is C14H16ClFN2S. The Labute approximate surface area is 121 Å². The molecule has 0 aliphatic rings. The van der Waals surface area contributed by atoms with E-state index in [4.69, 9.17) is 11.6 Å². The van der Waals surface area contributed by atoms with Crippen molar-refractivity contribution in [2.24, 2.45) is 0 Å². The second-order valence-corrected chi connectivity index (χ2v) is 5.98. The van der Waals surface area contributed by atoms with Gasteiger partial charge in [-0.1, -0.05) is 25.4 Å². The van der Waals surface area contributed by atoms with E-state index in [0.717, 1.165) is 10.7 Å². The van der Waals surface area contributed by atoms with Gasteiger partial charge in [0.2, 0.25) is 0 Å². The van der Waals surface area contributed by atoms with E-state index in [2.05, 4.69) is 24.1 Å². The molecule has 0 radical (unpaired) electrons. The molecular weight excluding hydrogens is 283 g/mol. The number of rotatable bonds is 4. The fraction of sp³-hybridized carbons (Fsp3) is 0.357. The first-order chi connectivity index (χ1) is 9.02. The van der Waals surface area contributed by atoms with Crippen LogP contribution < -0.4 is 5.32 Å². The third-order valence-corrected chi connectivity index (χ3v) is 4.10. The Morgan fingerprint density at radius 2 is 2.11 bits per heavy atom. The van der Waals surface area contributed by atoms with Crippen molar-refractivity contribution in [2.75, 3.05) is 7.05 Å². The number of thiazole rings is 1. The Morgan fingerprint density at radius 3 is 2.68 bits per heavy atom. The number of benzene rings is 1. The molecule has 2 rings (SSSR count). The highest BCUT2D eigenvalue weighted by molar-refractivity contribution is 7.09. The number of nitrogens with one attached hydrogen (secondary N) is 1. The second kappa shape index (κ2) is 5.99. The SMILES string of the molecule is CNC(c1nc(C(C)C)cs1)c1cc(Cl)ccc1F. The maximum atomic E-state index is 13.9. The average Bonchev–Trinajstić information content (AvgIpc) is 2.84. The highest BCUT2D eigenvalue weighted by atomic mass is 35.5. The van der Waals surface area contributed by atoms with Gasteiger partial charge >= 0.3 is 0 Å². The molecule has 1 heterocycles. The van der Waals surface area contributed by atoms with E-state index in [-0.39, 0.29) is 11.9 Å². The van der Waals surface area contributed by atoms with Crippen LogP contribution in [0.1, 0.15) is 42.1 Å². The van der Waals surface area contributed by atoms with E-state index in [9.17, 15) is 4.39 Å². The molecule has 19 heavy (non-hydrogen) atoms. The first-order valence-corrected chi connectivity index (χ1v) is 7.36. The van der Waals surface area contributed by atoms with E-state index in [1.54, 1.807) is 19.2 Å². The molecule has 2 nitrogen and oxygen atoms in total. The highest BCUT2D eigenvalue weighted by Crippen LogP contribution is 2.30. The minimum atomic E-state index is -0.273. The van der Waals surface area contributed by atoms with Crippen LogP contribution >= 0.6 is 22.9 Å². The topological polar surface area (TPSA) is 24.9 Å². The van der Waals surface area contributed by atoms with Crippen molar-refractivity contribution in [3.63, 3.8) is 0 Å². The van der Waals surface area contributed by atoms with Gasteiger partial charge in [0.1, 0.15) is 10.8 Å². The van der Waals surface area contributed by atoms with Crippen molar-refractivity contribution >= 4 is 22.9 Å². The van der Waals surface area contributed by atoms with Gasteiger partial charge in [0, 0.05) is 16.0 Å². The summed E-state index contributed by atoms with van der Waals surface area (Å²) in [6.45, 7) is 4.18. The predicted molar refractivity (Wildman–Crippen MR) is 78.5 cm³/mol. The zero-order valence-corrected chi connectivity index (χ0v) is 12.6. The molecule has 5 heteroatoms. The maximum absolute atomic E-state index is 13.9. The lowest BCUT2D eigenvalue weighted by Gasteiger charge is -2.15. The van der Waals surface area contributed by atoms with Crippen molar-refractivity contribution in [3.8, 4) is 0 Å². The van der Waals surface area contributed by atoms with Crippen LogP contribution in [0, 0.1) is 5.82 Å². The summed E-state index contributed by atoms with van der Waals surface area (Å²) < 4.78 is 13.9. The Morgan fingerprint density at radius 1 is 1.37 bits per heavy atom. The molecule has 0 aliphatic heterocycles. The lowest BCUT2D eigenvalue weighted by atomic mass is 10.1. The summed E-state index contributed by atoms with van der Waals surface area (Å²) in [4.78, 5) is 4.57. The normalized spacial score (nSPS) is 12.9. The standard InChI is InChI=1S/C14H16ClFN2S/c1-8(2)12-7-19-14(18-12)13(17-3)10-6-9(15)4-5-11(10)16/h4-8,13,17H,1-3H3. The molecule has 1 unspecified atom stereocenters. The fourth-order valence-electron chi connectivity index (χ4n) is 1.85. The Hall–Kier alpha value is -0.970. The molecule has 1 N–H and O–H groups in total. The minimum Gasteiger partial charge on any atom is -0.307 e. The second-order valence-electron chi connectivity index (χ2n) is 4.65. The lowest BCUT2D eigenvalue weighted by molar-refractivity contribution is 0.574. The van der Waals surface area contributed by atoms with Crippen LogP contribution in [0.3, 0.4) is 0 Å². The zero-order valence-electron chi connectivity index (χ0n) is 11.1. The van der Waals surface area contributed by atoms with Crippen LogP contribution in [0.15, 0.2) is 23.6 Å². The van der Waals surface area contributed by atoms with Gasteiger partial charge in [0.15, 0.2) is 0 Å². The molecule has 0 bridgehead atoms. The molecule has 1 aromatic carbocycles. The van der Waals surface area contributed by atoms with Gasteiger partial charge in [-0.25, -0.2) is 9.37 Å². The van der Waals surface area contributed by atoms with E-state index >= 15 is 0 Å². The largest absolute Gasteiger partial charge is 0.307 e. The summed E-state index contributed by atoms with van der Waals surface area (Å²) in [5.41, 5.74) is 1.56. The first kappa shape index (κ1) is 14.4. The first-order valence-electron chi connectivity index (χ1n) is 6.10. The summed E-state index contributed by atoms with van der Waals surface area (Å²) in [5.74, 6) is 0.0942. The lowest BCUT2D eigenvalue weighted by Crippen LogP contribution is -2.19. The summed E-state index contributed by atoms with van der Waals surface area (Å²) >= 11 is 7.49. The quantitative estimate of drug-likeness (QED) is 0.907. The average molecular weight is 299 g/mol. The molecule has 0 saturated heterocycles. The van der Waals surface area contributed by atoms with Crippen LogP contribution in [-0.4, -0.2) is 12.0 Å². The Bertz CT molecular complexity index is 568. The summed E-state index contributed by atoms with van der Waals surface area (Å²) in [6.07, 6.45) is 0. The molecule has 102 valence electrons.